The number of amides is 1. The molecule has 2 saturated heterocycles. The standard InChI is InChI=1S/C13H20F2N2O2/c1-5-9-13(15)7-6-12(14,8-16-9)17(13)10(18)19-11(2,3)4/h5,9,16H,1,6-8H2,2-4H3/t9-,12-,13+/m1/s1. The first-order chi connectivity index (χ1) is 8.62. The van der Waals surface area contributed by atoms with E-state index in [2.05, 4.69) is 11.9 Å². The van der Waals surface area contributed by atoms with E-state index < -0.39 is 29.3 Å². The first kappa shape index (κ1) is 14.2. The average molecular weight is 274 g/mol. The molecule has 2 aliphatic rings. The molecule has 2 fully saturated rings. The van der Waals surface area contributed by atoms with Crippen molar-refractivity contribution < 1.29 is 18.3 Å². The van der Waals surface area contributed by atoms with Crippen LogP contribution in [0.1, 0.15) is 33.6 Å². The number of carbonyl (C=O) groups is 1. The average Bonchev–Trinajstić information content (AvgIpc) is 2.43. The first-order valence-corrected chi connectivity index (χ1v) is 6.39. The summed E-state index contributed by atoms with van der Waals surface area (Å²) in [6.07, 6.45) is 0.303. The van der Waals surface area contributed by atoms with E-state index in [1.54, 1.807) is 20.8 Å². The second kappa shape index (κ2) is 4.16. The number of carbonyl (C=O) groups excluding carboxylic acids is 1. The van der Waals surface area contributed by atoms with E-state index in [-0.39, 0.29) is 19.4 Å². The zero-order valence-electron chi connectivity index (χ0n) is 11.5. The Hall–Kier alpha value is -1.17. The molecular formula is C13H20F2N2O2. The van der Waals surface area contributed by atoms with Crippen molar-refractivity contribution in [1.29, 1.82) is 0 Å². The summed E-state index contributed by atoms with van der Waals surface area (Å²) in [5.74, 6) is -4.15. The van der Waals surface area contributed by atoms with Gasteiger partial charge in [0.15, 0.2) is 0 Å². The van der Waals surface area contributed by atoms with Gasteiger partial charge in [-0.1, -0.05) is 6.08 Å². The lowest BCUT2D eigenvalue weighted by Gasteiger charge is -2.46. The van der Waals surface area contributed by atoms with E-state index in [4.69, 9.17) is 4.74 Å². The van der Waals surface area contributed by atoms with Crippen molar-refractivity contribution in [2.75, 3.05) is 6.54 Å². The second-order valence-corrected chi connectivity index (χ2v) is 6.15. The van der Waals surface area contributed by atoms with Gasteiger partial charge in [-0.15, -0.1) is 6.58 Å². The molecule has 0 aromatic carbocycles. The molecule has 1 amide bonds. The SMILES string of the molecule is C=C[C@H]1NC[C@@]2(F)CC[C@]1(F)N2C(=O)OC(C)(C)C. The Bertz CT molecular complexity index is 410. The molecule has 0 aromatic heterocycles. The van der Waals surface area contributed by atoms with Gasteiger partial charge in [0.1, 0.15) is 5.60 Å². The Morgan fingerprint density at radius 1 is 1.47 bits per heavy atom. The molecule has 0 saturated carbocycles. The Morgan fingerprint density at radius 3 is 2.63 bits per heavy atom. The Labute approximate surface area is 111 Å². The number of hydrogen-bond acceptors (Lipinski definition) is 3. The molecular weight excluding hydrogens is 254 g/mol. The van der Waals surface area contributed by atoms with Crippen molar-refractivity contribution in [1.82, 2.24) is 10.2 Å². The van der Waals surface area contributed by atoms with Crippen LogP contribution in [0.15, 0.2) is 12.7 Å². The van der Waals surface area contributed by atoms with Crippen molar-refractivity contribution in [2.45, 2.75) is 56.8 Å². The fraction of sp³-hybridized carbons (Fsp3) is 0.769. The minimum Gasteiger partial charge on any atom is -0.444 e. The summed E-state index contributed by atoms with van der Waals surface area (Å²) < 4.78 is 34.8. The number of alkyl halides is 2. The highest BCUT2D eigenvalue weighted by molar-refractivity contribution is 5.71. The molecule has 0 radical (unpaired) electrons. The van der Waals surface area contributed by atoms with Crippen LogP contribution in [-0.2, 0) is 4.74 Å². The van der Waals surface area contributed by atoms with Crippen LogP contribution in [0.25, 0.3) is 0 Å². The Balaban J connectivity index is 2.32. The van der Waals surface area contributed by atoms with Gasteiger partial charge < -0.3 is 10.1 Å². The lowest BCUT2D eigenvalue weighted by Crippen LogP contribution is -2.69. The van der Waals surface area contributed by atoms with Crippen molar-refractivity contribution in [3.05, 3.63) is 12.7 Å². The van der Waals surface area contributed by atoms with E-state index >= 15 is 0 Å². The lowest BCUT2D eigenvalue weighted by atomic mass is 10.0. The van der Waals surface area contributed by atoms with Gasteiger partial charge in [0.2, 0.25) is 11.6 Å². The summed E-state index contributed by atoms with van der Waals surface area (Å²) in [4.78, 5) is 12.7. The summed E-state index contributed by atoms with van der Waals surface area (Å²) in [7, 11) is 0. The summed E-state index contributed by atoms with van der Waals surface area (Å²) in [5, 5.41) is 2.74. The number of nitrogens with zero attached hydrogens (tertiary/aromatic N) is 1. The highest BCUT2D eigenvalue weighted by Gasteiger charge is 2.65. The van der Waals surface area contributed by atoms with Gasteiger partial charge >= 0.3 is 6.09 Å². The van der Waals surface area contributed by atoms with Crippen molar-refractivity contribution >= 4 is 6.09 Å². The molecule has 2 bridgehead atoms. The third kappa shape index (κ3) is 2.22. The molecule has 2 heterocycles. The van der Waals surface area contributed by atoms with Gasteiger partial charge in [-0.05, 0) is 20.8 Å². The van der Waals surface area contributed by atoms with Gasteiger partial charge in [0.25, 0.3) is 0 Å². The molecule has 2 aliphatic heterocycles. The largest absolute Gasteiger partial charge is 0.444 e. The molecule has 6 heteroatoms. The smallest absolute Gasteiger partial charge is 0.415 e. The number of ether oxygens (including phenoxy) is 1. The zero-order valence-corrected chi connectivity index (χ0v) is 11.5. The second-order valence-electron chi connectivity index (χ2n) is 6.15. The summed E-state index contributed by atoms with van der Waals surface area (Å²) in [6.45, 7) is 8.40. The maximum Gasteiger partial charge on any atom is 0.415 e. The molecule has 0 aromatic rings. The molecule has 0 unspecified atom stereocenters. The third-order valence-electron chi connectivity index (χ3n) is 3.51. The van der Waals surface area contributed by atoms with Crippen molar-refractivity contribution in [2.24, 2.45) is 0 Å². The summed E-state index contributed by atoms with van der Waals surface area (Å²) in [5.41, 5.74) is -0.794. The minimum absolute atomic E-state index is 0.0416. The maximum atomic E-state index is 15.0. The van der Waals surface area contributed by atoms with Crippen LogP contribution >= 0.6 is 0 Å². The van der Waals surface area contributed by atoms with Crippen LogP contribution in [0, 0.1) is 0 Å². The van der Waals surface area contributed by atoms with Gasteiger partial charge in [-0.25, -0.2) is 18.5 Å². The predicted molar refractivity (Wildman–Crippen MR) is 67.0 cm³/mol. The number of piperazine rings is 1. The zero-order chi connectivity index (χ0) is 14.5. The van der Waals surface area contributed by atoms with Gasteiger partial charge in [0.05, 0.1) is 6.04 Å². The maximum absolute atomic E-state index is 15.0. The van der Waals surface area contributed by atoms with E-state index in [1.807, 2.05) is 0 Å². The van der Waals surface area contributed by atoms with Crippen LogP contribution in [0.4, 0.5) is 13.6 Å². The normalized spacial score (nSPS) is 38.2. The predicted octanol–water partition coefficient (Wildman–Crippen LogP) is 2.51. The fourth-order valence-corrected chi connectivity index (χ4v) is 2.70. The lowest BCUT2D eigenvalue weighted by molar-refractivity contribution is -0.135. The summed E-state index contributed by atoms with van der Waals surface area (Å²) in [6, 6.07) is -0.786. The molecule has 3 atom stereocenters. The van der Waals surface area contributed by atoms with Gasteiger partial charge in [-0.2, -0.15) is 0 Å². The van der Waals surface area contributed by atoms with Crippen LogP contribution in [0.5, 0.6) is 0 Å². The van der Waals surface area contributed by atoms with Gasteiger partial charge in [-0.3, -0.25) is 0 Å². The number of halogens is 2. The van der Waals surface area contributed by atoms with Crippen LogP contribution < -0.4 is 5.32 Å². The Morgan fingerprint density at radius 2 is 2.11 bits per heavy atom. The topological polar surface area (TPSA) is 41.6 Å². The number of rotatable bonds is 1. The molecule has 19 heavy (non-hydrogen) atoms. The molecule has 2 rings (SSSR count). The monoisotopic (exact) mass is 274 g/mol. The van der Waals surface area contributed by atoms with Crippen molar-refractivity contribution in [3.8, 4) is 0 Å². The van der Waals surface area contributed by atoms with Gasteiger partial charge in [0, 0.05) is 19.4 Å². The van der Waals surface area contributed by atoms with E-state index in [1.165, 1.54) is 6.08 Å². The van der Waals surface area contributed by atoms with Crippen LogP contribution in [0.3, 0.4) is 0 Å². The number of hydrogen-bond donors (Lipinski definition) is 1. The molecule has 4 nitrogen and oxygen atoms in total. The highest BCUT2D eigenvalue weighted by atomic mass is 19.2. The quantitative estimate of drug-likeness (QED) is 0.590. The number of nitrogens with one attached hydrogen (secondary N) is 1. The van der Waals surface area contributed by atoms with Crippen LogP contribution in [0.2, 0.25) is 0 Å². The third-order valence-corrected chi connectivity index (χ3v) is 3.51. The first-order valence-electron chi connectivity index (χ1n) is 6.39. The van der Waals surface area contributed by atoms with E-state index in [0.717, 1.165) is 0 Å². The molecule has 0 spiro atoms. The van der Waals surface area contributed by atoms with E-state index in [9.17, 15) is 13.6 Å². The molecule has 108 valence electrons. The highest BCUT2D eigenvalue weighted by Crippen LogP contribution is 2.48. The van der Waals surface area contributed by atoms with Crippen LogP contribution in [-0.4, -0.2) is 40.8 Å². The fourth-order valence-electron chi connectivity index (χ4n) is 2.70. The summed E-state index contributed by atoms with van der Waals surface area (Å²) >= 11 is 0. The Kier molecular flexibility index (Phi) is 3.12. The number of fused-ring (bicyclic) bond motifs is 2. The van der Waals surface area contributed by atoms with E-state index in [0.29, 0.717) is 4.90 Å². The van der Waals surface area contributed by atoms with Crippen molar-refractivity contribution in [3.63, 3.8) is 0 Å². The minimum atomic E-state index is -2.11. The molecule has 1 N–H and O–H groups in total. The molecule has 0 aliphatic carbocycles.